The van der Waals surface area contributed by atoms with Gasteiger partial charge in [-0.25, -0.2) is 0 Å². The molecule has 0 saturated carbocycles. The fraction of sp³-hybridized carbons (Fsp3) is 0.385. The molecule has 3 rings (SSSR count). The highest BCUT2D eigenvalue weighted by molar-refractivity contribution is 9.10. The van der Waals surface area contributed by atoms with Crippen LogP contribution in [0.2, 0.25) is 0 Å². The third-order valence-electron chi connectivity index (χ3n) is 3.41. The summed E-state index contributed by atoms with van der Waals surface area (Å²) < 4.78 is 1.13. The Hall–Kier alpha value is -0.800. The molecule has 0 atom stereocenters. The van der Waals surface area contributed by atoms with Crippen LogP contribution in [-0.2, 0) is 12.0 Å². The smallest absolute Gasteiger partial charge is 0.0470 e. The first-order chi connectivity index (χ1) is 7.58. The van der Waals surface area contributed by atoms with Crippen LogP contribution in [0.1, 0.15) is 25.1 Å². The molecule has 16 heavy (non-hydrogen) atoms. The Labute approximate surface area is 104 Å². The lowest BCUT2D eigenvalue weighted by molar-refractivity contribution is 0.427. The molecule has 1 aliphatic heterocycles. The van der Waals surface area contributed by atoms with E-state index in [9.17, 15) is 0 Å². The Kier molecular flexibility index (Phi) is 2.17. The molecule has 0 fully saturated rings. The van der Waals surface area contributed by atoms with Gasteiger partial charge in [-0.15, -0.1) is 0 Å². The van der Waals surface area contributed by atoms with Crippen LogP contribution < -0.4 is 5.32 Å². The highest BCUT2D eigenvalue weighted by Crippen LogP contribution is 2.34. The van der Waals surface area contributed by atoms with E-state index < -0.39 is 0 Å². The summed E-state index contributed by atoms with van der Waals surface area (Å²) in [6, 6.07) is 6.46. The molecule has 0 radical (unpaired) electrons. The molecular weight excluding hydrogens is 264 g/mol. The number of benzene rings is 1. The molecule has 2 N–H and O–H groups in total. The molecule has 1 aliphatic rings. The van der Waals surface area contributed by atoms with E-state index in [1.54, 1.807) is 0 Å². The van der Waals surface area contributed by atoms with Gasteiger partial charge in [-0.1, -0.05) is 35.8 Å². The van der Waals surface area contributed by atoms with Gasteiger partial charge in [-0.3, -0.25) is 0 Å². The van der Waals surface area contributed by atoms with E-state index in [0.717, 1.165) is 17.6 Å². The van der Waals surface area contributed by atoms with E-state index in [2.05, 4.69) is 58.3 Å². The van der Waals surface area contributed by atoms with Crippen LogP contribution >= 0.6 is 15.9 Å². The summed E-state index contributed by atoms with van der Waals surface area (Å²) in [4.78, 5) is 3.58. The number of aromatic nitrogens is 1. The van der Waals surface area contributed by atoms with Gasteiger partial charge in [-0.05, 0) is 17.7 Å². The van der Waals surface area contributed by atoms with Crippen molar-refractivity contribution in [1.82, 2.24) is 10.3 Å². The number of aromatic amines is 1. The van der Waals surface area contributed by atoms with Crippen molar-refractivity contribution in [3.8, 4) is 0 Å². The number of fused-ring (bicyclic) bond motifs is 3. The Morgan fingerprint density at radius 2 is 2.12 bits per heavy atom. The van der Waals surface area contributed by atoms with Crippen LogP contribution in [-0.4, -0.2) is 11.5 Å². The van der Waals surface area contributed by atoms with Crippen molar-refractivity contribution in [2.24, 2.45) is 0 Å². The first kappa shape index (κ1) is 10.4. The number of hydrogen-bond donors (Lipinski definition) is 2. The minimum absolute atomic E-state index is 0.194. The second-order valence-corrected chi connectivity index (χ2v) is 6.07. The molecule has 1 aromatic heterocycles. The van der Waals surface area contributed by atoms with Crippen molar-refractivity contribution in [2.75, 3.05) is 6.54 Å². The molecule has 0 bridgehead atoms. The predicted octanol–water partition coefficient (Wildman–Crippen LogP) is 3.31. The topological polar surface area (TPSA) is 27.8 Å². The lowest BCUT2D eigenvalue weighted by atomic mass is 9.84. The van der Waals surface area contributed by atoms with Gasteiger partial charge < -0.3 is 10.3 Å². The van der Waals surface area contributed by atoms with Crippen LogP contribution in [0, 0.1) is 0 Å². The summed E-state index contributed by atoms with van der Waals surface area (Å²) in [5.74, 6) is 0. The third kappa shape index (κ3) is 1.42. The van der Waals surface area contributed by atoms with E-state index in [0.29, 0.717) is 0 Å². The second kappa shape index (κ2) is 3.34. The van der Waals surface area contributed by atoms with Crippen LogP contribution in [0.4, 0.5) is 0 Å². The van der Waals surface area contributed by atoms with Gasteiger partial charge in [0.2, 0.25) is 0 Å². The van der Waals surface area contributed by atoms with Crippen molar-refractivity contribution in [3.63, 3.8) is 0 Å². The minimum Gasteiger partial charge on any atom is -0.358 e. The Bertz CT molecular complexity index is 554. The number of halogens is 1. The highest BCUT2D eigenvalue weighted by atomic mass is 79.9. The van der Waals surface area contributed by atoms with Crippen molar-refractivity contribution >= 4 is 26.8 Å². The third-order valence-corrected chi connectivity index (χ3v) is 3.91. The van der Waals surface area contributed by atoms with E-state index >= 15 is 0 Å². The summed E-state index contributed by atoms with van der Waals surface area (Å²) >= 11 is 3.52. The van der Waals surface area contributed by atoms with E-state index in [1.165, 1.54) is 22.2 Å². The molecule has 0 amide bonds. The lowest BCUT2D eigenvalue weighted by Gasteiger charge is -2.30. The molecule has 1 aromatic carbocycles. The maximum absolute atomic E-state index is 3.58. The standard InChI is InChI=1S/C13H15BrN2/c1-13(2)7-15-6-10-9-4-3-8(14)5-11(9)16-12(10)13/h3-5,15-16H,6-7H2,1-2H3. The summed E-state index contributed by atoms with van der Waals surface area (Å²) in [5, 5.41) is 4.84. The number of hydrogen-bond acceptors (Lipinski definition) is 1. The van der Waals surface area contributed by atoms with Gasteiger partial charge in [0.25, 0.3) is 0 Å². The van der Waals surface area contributed by atoms with Crippen molar-refractivity contribution in [1.29, 1.82) is 0 Å². The van der Waals surface area contributed by atoms with E-state index in [4.69, 9.17) is 0 Å². The first-order valence-corrected chi connectivity index (χ1v) is 6.38. The van der Waals surface area contributed by atoms with E-state index in [-0.39, 0.29) is 5.41 Å². The molecular formula is C13H15BrN2. The molecule has 0 aliphatic carbocycles. The van der Waals surface area contributed by atoms with Gasteiger partial charge >= 0.3 is 0 Å². The second-order valence-electron chi connectivity index (χ2n) is 5.16. The normalized spacial score (nSPS) is 18.7. The van der Waals surface area contributed by atoms with Gasteiger partial charge in [0.05, 0.1) is 0 Å². The molecule has 2 aromatic rings. The zero-order valence-corrected chi connectivity index (χ0v) is 11.1. The molecule has 2 nitrogen and oxygen atoms in total. The molecule has 0 spiro atoms. The van der Waals surface area contributed by atoms with Crippen LogP contribution in [0.25, 0.3) is 10.9 Å². The maximum Gasteiger partial charge on any atom is 0.0470 e. The lowest BCUT2D eigenvalue weighted by Crippen LogP contribution is -2.38. The molecule has 0 saturated heterocycles. The quantitative estimate of drug-likeness (QED) is 0.760. The number of H-pyrrole nitrogens is 1. The number of rotatable bonds is 0. The largest absolute Gasteiger partial charge is 0.358 e. The SMILES string of the molecule is CC1(C)CNCc2c1[nH]c1cc(Br)ccc21. The predicted molar refractivity (Wildman–Crippen MR) is 70.7 cm³/mol. The van der Waals surface area contributed by atoms with Gasteiger partial charge in [-0.2, -0.15) is 0 Å². The fourth-order valence-electron chi connectivity index (χ4n) is 2.58. The van der Waals surface area contributed by atoms with Crippen molar-refractivity contribution < 1.29 is 0 Å². The summed E-state index contributed by atoms with van der Waals surface area (Å²) in [7, 11) is 0. The molecule has 84 valence electrons. The summed E-state index contributed by atoms with van der Waals surface area (Å²) in [5.41, 5.74) is 4.24. The average Bonchev–Trinajstić information content (AvgIpc) is 2.57. The monoisotopic (exact) mass is 278 g/mol. The molecule has 3 heteroatoms. The first-order valence-electron chi connectivity index (χ1n) is 5.59. The summed E-state index contributed by atoms with van der Waals surface area (Å²) in [6.45, 7) is 6.57. The molecule has 2 heterocycles. The number of nitrogens with one attached hydrogen (secondary N) is 2. The van der Waals surface area contributed by atoms with Gasteiger partial charge in [0.1, 0.15) is 0 Å². The Morgan fingerprint density at radius 3 is 2.94 bits per heavy atom. The zero-order chi connectivity index (χ0) is 11.3. The van der Waals surface area contributed by atoms with Gasteiger partial charge in [0.15, 0.2) is 0 Å². The minimum atomic E-state index is 0.194. The Balaban J connectivity index is 2.32. The summed E-state index contributed by atoms with van der Waals surface area (Å²) in [6.07, 6.45) is 0. The van der Waals surface area contributed by atoms with Crippen LogP contribution in [0.3, 0.4) is 0 Å². The molecule has 0 unspecified atom stereocenters. The zero-order valence-electron chi connectivity index (χ0n) is 9.52. The average molecular weight is 279 g/mol. The maximum atomic E-state index is 3.58. The fourth-order valence-corrected chi connectivity index (χ4v) is 2.94. The van der Waals surface area contributed by atoms with E-state index in [1.807, 2.05) is 0 Å². The van der Waals surface area contributed by atoms with Gasteiger partial charge in [0, 0.05) is 39.6 Å². The van der Waals surface area contributed by atoms with Crippen LogP contribution in [0.5, 0.6) is 0 Å². The highest BCUT2D eigenvalue weighted by Gasteiger charge is 2.30. The van der Waals surface area contributed by atoms with Crippen LogP contribution in [0.15, 0.2) is 22.7 Å². The van der Waals surface area contributed by atoms with Crippen molar-refractivity contribution in [2.45, 2.75) is 25.8 Å². The van der Waals surface area contributed by atoms with Crippen molar-refractivity contribution in [3.05, 3.63) is 33.9 Å². The Morgan fingerprint density at radius 1 is 1.31 bits per heavy atom.